The molecule has 0 bridgehead atoms. The van der Waals surface area contributed by atoms with Crippen molar-refractivity contribution in [3.8, 4) is 0 Å². The number of nitrogens with one attached hydrogen (secondary N) is 1. The lowest BCUT2D eigenvalue weighted by molar-refractivity contribution is 0.315. The van der Waals surface area contributed by atoms with Gasteiger partial charge in [-0.1, -0.05) is 13.8 Å². The predicted molar refractivity (Wildman–Crippen MR) is 87.2 cm³/mol. The van der Waals surface area contributed by atoms with Crippen molar-refractivity contribution in [2.45, 2.75) is 51.5 Å². The average molecular weight is 310 g/mol. The van der Waals surface area contributed by atoms with Crippen LogP contribution in [0.3, 0.4) is 0 Å². The Balaban J connectivity index is 2.50. The number of hydrogen-bond acceptors (Lipinski definition) is 3. The molecule has 21 heavy (non-hydrogen) atoms. The van der Waals surface area contributed by atoms with Crippen LogP contribution in [-0.4, -0.2) is 32.4 Å². The summed E-state index contributed by atoms with van der Waals surface area (Å²) in [6.07, 6.45) is 1.92. The third-order valence-electron chi connectivity index (χ3n) is 4.33. The topological polar surface area (TPSA) is 49.4 Å². The first-order valence-corrected chi connectivity index (χ1v) is 9.04. The highest BCUT2D eigenvalue weighted by atomic mass is 32.2. The van der Waals surface area contributed by atoms with Gasteiger partial charge in [0.05, 0.1) is 4.90 Å². The van der Waals surface area contributed by atoms with E-state index in [0.29, 0.717) is 17.4 Å². The number of sulfonamides is 1. The monoisotopic (exact) mass is 310 g/mol. The molecule has 4 nitrogen and oxygen atoms in total. The van der Waals surface area contributed by atoms with Gasteiger partial charge in [0, 0.05) is 25.3 Å². The van der Waals surface area contributed by atoms with Gasteiger partial charge in [-0.2, -0.15) is 4.31 Å². The van der Waals surface area contributed by atoms with Gasteiger partial charge in [0.25, 0.3) is 0 Å². The molecular formula is C16H26N2O2S. The van der Waals surface area contributed by atoms with E-state index in [9.17, 15) is 8.42 Å². The van der Waals surface area contributed by atoms with Crippen LogP contribution >= 0.6 is 0 Å². The summed E-state index contributed by atoms with van der Waals surface area (Å²) < 4.78 is 27.9. The number of anilines is 1. The Morgan fingerprint density at radius 2 is 1.81 bits per heavy atom. The van der Waals surface area contributed by atoms with Crippen molar-refractivity contribution in [3.63, 3.8) is 0 Å². The smallest absolute Gasteiger partial charge is 0.243 e. The number of aryl methyl sites for hydroxylation is 2. The molecule has 1 fully saturated rings. The third kappa shape index (κ3) is 2.94. The molecule has 2 rings (SSSR count). The van der Waals surface area contributed by atoms with E-state index in [1.54, 1.807) is 4.31 Å². The second-order valence-electron chi connectivity index (χ2n) is 6.26. The van der Waals surface area contributed by atoms with Crippen molar-refractivity contribution in [1.29, 1.82) is 0 Å². The largest absolute Gasteiger partial charge is 0.388 e. The molecule has 0 saturated carbocycles. The maximum absolute atomic E-state index is 13.1. The normalized spacial score (nSPS) is 20.2. The first kappa shape index (κ1) is 16.3. The molecule has 0 aliphatic carbocycles. The summed E-state index contributed by atoms with van der Waals surface area (Å²) >= 11 is 0. The van der Waals surface area contributed by atoms with Crippen molar-refractivity contribution in [2.24, 2.45) is 5.92 Å². The van der Waals surface area contributed by atoms with Crippen LogP contribution in [-0.2, 0) is 10.0 Å². The Bertz CT molecular complexity index is 600. The van der Waals surface area contributed by atoms with Crippen LogP contribution in [0, 0.1) is 19.8 Å². The first-order valence-electron chi connectivity index (χ1n) is 7.60. The second-order valence-corrected chi connectivity index (χ2v) is 8.09. The maximum Gasteiger partial charge on any atom is 0.243 e. The molecule has 1 heterocycles. The van der Waals surface area contributed by atoms with Crippen LogP contribution in [0.5, 0.6) is 0 Å². The third-order valence-corrected chi connectivity index (χ3v) is 6.56. The van der Waals surface area contributed by atoms with Gasteiger partial charge in [0.15, 0.2) is 0 Å². The number of rotatable bonds is 4. The molecule has 0 amide bonds. The minimum atomic E-state index is -3.41. The van der Waals surface area contributed by atoms with E-state index in [1.165, 1.54) is 0 Å². The average Bonchev–Trinajstić information content (AvgIpc) is 2.87. The zero-order chi connectivity index (χ0) is 15.8. The Morgan fingerprint density at radius 1 is 1.24 bits per heavy atom. The molecule has 1 aliphatic rings. The summed E-state index contributed by atoms with van der Waals surface area (Å²) in [4.78, 5) is 0.481. The Labute approximate surface area is 128 Å². The van der Waals surface area contributed by atoms with E-state index < -0.39 is 10.0 Å². The van der Waals surface area contributed by atoms with Gasteiger partial charge in [-0.25, -0.2) is 8.42 Å². The highest BCUT2D eigenvalue weighted by Crippen LogP contribution is 2.33. The standard InChI is InChI=1S/C16H26N2O2S/c1-11(2)15-7-6-8-18(15)21(19,20)16-12(3)9-14(17-5)10-13(16)4/h9-11,15,17H,6-8H2,1-5H3. The Morgan fingerprint density at radius 3 is 2.29 bits per heavy atom. The Kier molecular flexibility index (Phi) is 4.63. The number of benzene rings is 1. The van der Waals surface area contributed by atoms with Crippen molar-refractivity contribution < 1.29 is 8.42 Å². The summed E-state index contributed by atoms with van der Waals surface area (Å²) in [5, 5.41) is 3.08. The van der Waals surface area contributed by atoms with Crippen LogP contribution in [0.15, 0.2) is 17.0 Å². The van der Waals surface area contributed by atoms with Crippen LogP contribution in [0.25, 0.3) is 0 Å². The van der Waals surface area contributed by atoms with Crippen molar-refractivity contribution in [2.75, 3.05) is 18.9 Å². The van der Waals surface area contributed by atoms with E-state index in [1.807, 2.05) is 33.0 Å². The summed E-state index contributed by atoms with van der Waals surface area (Å²) in [5.41, 5.74) is 2.58. The summed E-state index contributed by atoms with van der Waals surface area (Å²) in [6, 6.07) is 3.93. The molecule has 0 aromatic heterocycles. The van der Waals surface area contributed by atoms with Crippen molar-refractivity contribution in [3.05, 3.63) is 23.3 Å². The zero-order valence-corrected chi connectivity index (χ0v) is 14.4. The summed E-state index contributed by atoms with van der Waals surface area (Å²) in [6.45, 7) is 8.59. The van der Waals surface area contributed by atoms with Gasteiger partial charge in [0.1, 0.15) is 0 Å². The minimum Gasteiger partial charge on any atom is -0.388 e. The molecule has 1 aromatic rings. The van der Waals surface area contributed by atoms with Gasteiger partial charge in [-0.3, -0.25) is 0 Å². The molecule has 0 spiro atoms. The fraction of sp³-hybridized carbons (Fsp3) is 0.625. The second kappa shape index (κ2) is 5.97. The zero-order valence-electron chi connectivity index (χ0n) is 13.6. The molecule has 0 radical (unpaired) electrons. The predicted octanol–water partition coefficient (Wildman–Crippen LogP) is 3.15. The van der Waals surface area contributed by atoms with E-state index in [0.717, 1.165) is 29.7 Å². The van der Waals surface area contributed by atoms with Gasteiger partial charge < -0.3 is 5.32 Å². The molecule has 1 atom stereocenters. The fourth-order valence-electron chi connectivity index (χ4n) is 3.35. The van der Waals surface area contributed by atoms with Gasteiger partial charge in [-0.05, 0) is 55.9 Å². The van der Waals surface area contributed by atoms with E-state index in [2.05, 4.69) is 19.2 Å². The first-order chi connectivity index (χ1) is 9.78. The summed E-state index contributed by atoms with van der Waals surface area (Å²) in [5.74, 6) is 0.347. The highest BCUT2D eigenvalue weighted by Gasteiger charge is 2.38. The van der Waals surface area contributed by atoms with Crippen LogP contribution in [0.4, 0.5) is 5.69 Å². The number of hydrogen-bond donors (Lipinski definition) is 1. The van der Waals surface area contributed by atoms with Crippen molar-refractivity contribution in [1.82, 2.24) is 4.31 Å². The molecule has 1 saturated heterocycles. The van der Waals surface area contributed by atoms with Crippen LogP contribution in [0.1, 0.15) is 37.8 Å². The van der Waals surface area contributed by atoms with E-state index >= 15 is 0 Å². The molecule has 5 heteroatoms. The quantitative estimate of drug-likeness (QED) is 0.929. The molecule has 1 aromatic carbocycles. The van der Waals surface area contributed by atoms with E-state index in [4.69, 9.17) is 0 Å². The van der Waals surface area contributed by atoms with Gasteiger partial charge in [0.2, 0.25) is 10.0 Å². The van der Waals surface area contributed by atoms with Gasteiger partial charge >= 0.3 is 0 Å². The lowest BCUT2D eigenvalue weighted by atomic mass is 10.0. The van der Waals surface area contributed by atoms with E-state index in [-0.39, 0.29) is 6.04 Å². The molecule has 1 unspecified atom stereocenters. The number of nitrogens with zero attached hydrogens (tertiary/aromatic N) is 1. The minimum absolute atomic E-state index is 0.123. The fourth-order valence-corrected chi connectivity index (χ4v) is 5.59. The Hall–Kier alpha value is -1.07. The molecule has 1 aliphatic heterocycles. The molecular weight excluding hydrogens is 284 g/mol. The molecule has 1 N–H and O–H groups in total. The lowest BCUT2D eigenvalue weighted by Crippen LogP contribution is -2.39. The highest BCUT2D eigenvalue weighted by molar-refractivity contribution is 7.89. The van der Waals surface area contributed by atoms with Gasteiger partial charge in [-0.15, -0.1) is 0 Å². The van der Waals surface area contributed by atoms with Crippen LogP contribution in [0.2, 0.25) is 0 Å². The van der Waals surface area contributed by atoms with Crippen LogP contribution < -0.4 is 5.32 Å². The molecule has 118 valence electrons. The SMILES string of the molecule is CNc1cc(C)c(S(=O)(=O)N2CCCC2C(C)C)c(C)c1. The summed E-state index contributed by atoms with van der Waals surface area (Å²) in [7, 11) is -1.57. The maximum atomic E-state index is 13.1. The van der Waals surface area contributed by atoms with Crippen molar-refractivity contribution >= 4 is 15.7 Å². The lowest BCUT2D eigenvalue weighted by Gasteiger charge is -2.28.